The molecule has 0 radical (unpaired) electrons. The third-order valence-electron chi connectivity index (χ3n) is 3.72. The molecular formula is C25H44N2O7S2. The van der Waals surface area contributed by atoms with Crippen molar-refractivity contribution < 1.29 is 37.1 Å². The average Bonchev–Trinajstić information content (AvgIpc) is 2.75. The lowest BCUT2D eigenvalue weighted by atomic mass is 10.2. The Balaban J connectivity index is 0.000000868. The monoisotopic (exact) mass is 552 g/mol. The van der Waals surface area contributed by atoms with E-state index in [1.165, 1.54) is 19.1 Å². The largest absolute Gasteiger partial charge is 0.444 e. The molecule has 0 saturated heterocycles. The number of ether oxygens (including phenoxy) is 2. The molecule has 0 saturated carbocycles. The SMILES string of the molecule is [2H][C@@H]([C@@H]([2H])S)[C@@H](C)NC(=O)OC(C)(C)C.[2H][C@@H]([C@H]([2H])OS(=O)(=O)c1ccc(C)cc1)[C@@H](C)NC(=O)OC(C)(C)C. The number of alkyl carbamates (subject to hydrolysis) is 2. The fraction of sp³-hybridized carbons (Fsp3) is 0.680. The molecule has 11 heteroatoms. The summed E-state index contributed by atoms with van der Waals surface area (Å²) < 4.78 is 69.7. The molecule has 9 nitrogen and oxygen atoms in total. The van der Waals surface area contributed by atoms with Gasteiger partial charge < -0.3 is 20.1 Å². The molecule has 1 aromatic rings. The number of amides is 2. The van der Waals surface area contributed by atoms with Crippen LogP contribution in [-0.4, -0.2) is 56.2 Å². The lowest BCUT2D eigenvalue weighted by molar-refractivity contribution is 0.0493. The molecule has 0 heterocycles. The van der Waals surface area contributed by atoms with Gasteiger partial charge in [0.05, 0.1) is 12.8 Å². The zero-order valence-electron chi connectivity index (χ0n) is 26.5. The molecule has 0 unspecified atom stereocenters. The van der Waals surface area contributed by atoms with E-state index >= 15 is 0 Å². The van der Waals surface area contributed by atoms with Crippen molar-refractivity contribution in [1.29, 1.82) is 0 Å². The summed E-state index contributed by atoms with van der Waals surface area (Å²) in [6.45, 7) is 13.6. The van der Waals surface area contributed by atoms with Crippen LogP contribution >= 0.6 is 12.6 Å². The molecule has 1 aromatic carbocycles. The van der Waals surface area contributed by atoms with Gasteiger partial charge in [0, 0.05) is 16.2 Å². The van der Waals surface area contributed by atoms with Crippen LogP contribution in [0.2, 0.25) is 0 Å². The van der Waals surface area contributed by atoms with Gasteiger partial charge >= 0.3 is 12.2 Å². The Hall–Kier alpha value is -1.98. The standard InChI is InChI=1S/C16H25NO5S.C9H19NO2S/c1-12-6-8-14(9-7-12)23(19,20)21-11-10-13(2)17-15(18)22-16(3,4)5;1-7(5-6-13)10-8(11)12-9(2,3)4/h6-9,13H,10-11H2,1-5H3,(H,17,18);7,13H,5-6H2,1-4H3,(H,10,11)/t13-;7-/m11/s1/i10D,11D;5D,6D/t10-,11-,13+;5-,6+,7+/m00. The zero-order chi connectivity index (χ0) is 31.6. The van der Waals surface area contributed by atoms with Crippen LogP contribution in [0.1, 0.15) is 79.2 Å². The Morgan fingerprint density at radius 2 is 1.33 bits per heavy atom. The lowest BCUT2D eigenvalue weighted by Gasteiger charge is -2.21. The van der Waals surface area contributed by atoms with Crippen LogP contribution in [0.5, 0.6) is 0 Å². The smallest absolute Gasteiger partial charge is 0.407 e. The minimum Gasteiger partial charge on any atom is -0.444 e. The van der Waals surface area contributed by atoms with Crippen molar-refractivity contribution in [2.24, 2.45) is 0 Å². The molecule has 36 heavy (non-hydrogen) atoms. The topological polar surface area (TPSA) is 120 Å². The maximum absolute atomic E-state index is 12.2. The van der Waals surface area contributed by atoms with Crippen LogP contribution in [-0.2, 0) is 23.8 Å². The number of aryl methyl sites for hydroxylation is 1. The van der Waals surface area contributed by atoms with Crippen LogP contribution in [0.4, 0.5) is 9.59 Å². The third-order valence-corrected chi connectivity index (χ3v) is 5.11. The second-order valence-corrected chi connectivity index (χ2v) is 11.8. The average molecular weight is 553 g/mol. The summed E-state index contributed by atoms with van der Waals surface area (Å²) in [5.41, 5.74) is -1.21. The van der Waals surface area contributed by atoms with Crippen molar-refractivity contribution in [1.82, 2.24) is 10.6 Å². The van der Waals surface area contributed by atoms with Crippen LogP contribution in [0.25, 0.3) is 0 Å². The van der Waals surface area contributed by atoms with Gasteiger partial charge in [-0.2, -0.15) is 21.0 Å². The summed E-state index contributed by atoms with van der Waals surface area (Å²) in [6.07, 6.45) is -3.42. The Kier molecular flexibility index (Phi) is 11.5. The summed E-state index contributed by atoms with van der Waals surface area (Å²) in [5.74, 6) is 0. The molecule has 6 atom stereocenters. The van der Waals surface area contributed by atoms with E-state index in [2.05, 4.69) is 23.3 Å². The first-order valence-electron chi connectivity index (χ1n) is 13.6. The maximum Gasteiger partial charge on any atom is 0.407 e. The quantitative estimate of drug-likeness (QED) is 0.284. The molecule has 0 spiro atoms. The second-order valence-electron chi connectivity index (χ2n) is 9.90. The van der Waals surface area contributed by atoms with E-state index in [1.54, 1.807) is 60.6 Å². The minimum absolute atomic E-state index is 0.0877. The predicted molar refractivity (Wildman–Crippen MR) is 145 cm³/mol. The van der Waals surface area contributed by atoms with Crippen LogP contribution in [0.15, 0.2) is 29.2 Å². The first-order chi connectivity index (χ1) is 17.9. The van der Waals surface area contributed by atoms with Crippen molar-refractivity contribution in [2.75, 3.05) is 12.3 Å². The highest BCUT2D eigenvalue weighted by Crippen LogP contribution is 2.14. The van der Waals surface area contributed by atoms with E-state index in [9.17, 15) is 18.0 Å². The molecule has 0 bridgehead atoms. The number of carbonyl (C=O) groups excluding carboxylic acids is 2. The van der Waals surface area contributed by atoms with Crippen LogP contribution < -0.4 is 10.6 Å². The number of carbonyl (C=O) groups is 2. The number of benzene rings is 1. The van der Waals surface area contributed by atoms with E-state index in [-0.39, 0.29) is 4.90 Å². The summed E-state index contributed by atoms with van der Waals surface area (Å²) in [4.78, 5) is 22.9. The van der Waals surface area contributed by atoms with Crippen LogP contribution in [0.3, 0.4) is 0 Å². The van der Waals surface area contributed by atoms with Crippen molar-refractivity contribution in [3.63, 3.8) is 0 Å². The van der Waals surface area contributed by atoms with Crippen molar-refractivity contribution >= 4 is 34.9 Å². The third kappa shape index (κ3) is 17.4. The van der Waals surface area contributed by atoms with Crippen molar-refractivity contribution in [3.8, 4) is 0 Å². The van der Waals surface area contributed by atoms with E-state index in [4.69, 9.17) is 19.1 Å². The Bertz CT molecular complexity index is 1050. The fourth-order valence-corrected chi connectivity index (χ4v) is 3.24. The molecule has 0 fully saturated rings. The highest BCUT2D eigenvalue weighted by Gasteiger charge is 2.19. The Labute approximate surface area is 228 Å². The van der Waals surface area contributed by atoms with Gasteiger partial charge in [0.1, 0.15) is 11.2 Å². The Morgan fingerprint density at radius 1 is 0.917 bits per heavy atom. The van der Waals surface area contributed by atoms with E-state index < -0.39 is 70.7 Å². The number of hydrogen-bond acceptors (Lipinski definition) is 8. The van der Waals surface area contributed by atoms with E-state index in [1.807, 2.05) is 6.92 Å². The maximum atomic E-state index is 12.2. The highest BCUT2D eigenvalue weighted by atomic mass is 32.2. The number of thiol groups is 1. The van der Waals surface area contributed by atoms with Gasteiger partial charge in [-0.3, -0.25) is 4.18 Å². The van der Waals surface area contributed by atoms with Gasteiger partial charge in [-0.15, -0.1) is 0 Å². The number of rotatable bonds is 9. The second kappa shape index (κ2) is 15.3. The molecule has 0 aliphatic carbocycles. The molecular weight excluding hydrogens is 504 g/mol. The van der Waals surface area contributed by atoms with E-state index in [0.717, 1.165) is 5.56 Å². The molecule has 2 amide bonds. The van der Waals surface area contributed by atoms with Gasteiger partial charge in [0.2, 0.25) is 0 Å². The van der Waals surface area contributed by atoms with Gasteiger partial charge in [0.15, 0.2) is 0 Å². The van der Waals surface area contributed by atoms with E-state index in [0.29, 0.717) is 0 Å². The highest BCUT2D eigenvalue weighted by molar-refractivity contribution is 7.86. The van der Waals surface area contributed by atoms with Crippen LogP contribution in [0, 0.1) is 6.92 Å². The molecule has 1 rings (SSSR count). The zero-order valence-corrected chi connectivity index (χ0v) is 24.2. The first kappa shape index (κ1) is 27.1. The van der Waals surface area contributed by atoms with Crippen molar-refractivity contribution in [2.45, 2.75) is 103 Å². The normalized spacial score (nSPS) is 18.6. The number of hydrogen-bond donors (Lipinski definition) is 3. The lowest BCUT2D eigenvalue weighted by Crippen LogP contribution is -2.38. The van der Waals surface area contributed by atoms with Gasteiger partial charge in [-0.1, -0.05) is 17.7 Å². The first-order valence-corrected chi connectivity index (χ1v) is 13.2. The molecule has 208 valence electrons. The predicted octanol–water partition coefficient (Wildman–Crippen LogP) is 5.22. The molecule has 0 aromatic heterocycles. The van der Waals surface area contributed by atoms with Gasteiger partial charge in [-0.05, 0) is 93.0 Å². The summed E-state index contributed by atoms with van der Waals surface area (Å²) in [5, 5.41) is 4.91. The summed E-state index contributed by atoms with van der Waals surface area (Å²) in [6, 6.07) is 4.67. The van der Waals surface area contributed by atoms with Gasteiger partial charge in [0.25, 0.3) is 10.1 Å². The Morgan fingerprint density at radius 3 is 1.72 bits per heavy atom. The van der Waals surface area contributed by atoms with Gasteiger partial charge in [-0.25, -0.2) is 9.59 Å². The number of nitrogens with one attached hydrogen (secondary N) is 2. The molecule has 0 aliphatic heterocycles. The van der Waals surface area contributed by atoms with Crippen molar-refractivity contribution in [3.05, 3.63) is 29.8 Å². The fourth-order valence-electron chi connectivity index (χ4n) is 2.20. The minimum atomic E-state index is -4.16. The summed E-state index contributed by atoms with van der Waals surface area (Å²) >= 11 is 3.83. The summed E-state index contributed by atoms with van der Waals surface area (Å²) in [7, 11) is -4.16. The molecule has 2 N–H and O–H groups in total. The molecule has 0 aliphatic rings.